The minimum absolute atomic E-state index is 0.156. The van der Waals surface area contributed by atoms with E-state index in [2.05, 4.69) is 12.2 Å². The lowest BCUT2D eigenvalue weighted by molar-refractivity contribution is 0.0520. The predicted molar refractivity (Wildman–Crippen MR) is 79.4 cm³/mol. The van der Waals surface area contributed by atoms with Gasteiger partial charge in [0.25, 0.3) is 0 Å². The maximum atomic E-state index is 9.69. The SMILES string of the molecule is CCNC1(CO)CCCC(Oc2ccc(OC)cc2)C1. The summed E-state index contributed by atoms with van der Waals surface area (Å²) in [6, 6.07) is 7.67. The highest BCUT2D eigenvalue weighted by atomic mass is 16.5. The van der Waals surface area contributed by atoms with E-state index in [1.165, 1.54) is 0 Å². The van der Waals surface area contributed by atoms with Gasteiger partial charge in [-0.15, -0.1) is 0 Å². The molecule has 4 nitrogen and oxygen atoms in total. The Labute approximate surface area is 121 Å². The normalized spacial score (nSPS) is 26.2. The molecule has 0 amide bonds. The van der Waals surface area contributed by atoms with Crippen LogP contribution in [0, 0.1) is 0 Å². The molecular weight excluding hydrogens is 254 g/mol. The summed E-state index contributed by atoms with van der Waals surface area (Å²) in [5.74, 6) is 1.69. The van der Waals surface area contributed by atoms with Crippen molar-refractivity contribution < 1.29 is 14.6 Å². The van der Waals surface area contributed by atoms with E-state index in [1.54, 1.807) is 7.11 Å². The molecule has 4 heteroatoms. The number of rotatable bonds is 6. The average molecular weight is 279 g/mol. The number of benzene rings is 1. The first-order valence-corrected chi connectivity index (χ1v) is 7.38. The minimum atomic E-state index is -0.176. The van der Waals surface area contributed by atoms with Gasteiger partial charge in [-0.2, -0.15) is 0 Å². The van der Waals surface area contributed by atoms with Crippen molar-refractivity contribution in [3.05, 3.63) is 24.3 Å². The van der Waals surface area contributed by atoms with Crippen molar-refractivity contribution in [3.63, 3.8) is 0 Å². The van der Waals surface area contributed by atoms with E-state index >= 15 is 0 Å². The minimum Gasteiger partial charge on any atom is -0.497 e. The molecule has 0 aliphatic heterocycles. The van der Waals surface area contributed by atoms with Gasteiger partial charge >= 0.3 is 0 Å². The Morgan fingerprint density at radius 2 is 2.00 bits per heavy atom. The fourth-order valence-electron chi connectivity index (χ4n) is 2.99. The summed E-state index contributed by atoms with van der Waals surface area (Å²) in [4.78, 5) is 0. The Hall–Kier alpha value is -1.26. The van der Waals surface area contributed by atoms with Crippen molar-refractivity contribution in [3.8, 4) is 11.5 Å². The molecule has 0 radical (unpaired) electrons. The van der Waals surface area contributed by atoms with Crippen LogP contribution in [0.25, 0.3) is 0 Å². The molecule has 1 saturated carbocycles. The Morgan fingerprint density at radius 3 is 2.60 bits per heavy atom. The van der Waals surface area contributed by atoms with Crippen molar-refractivity contribution in [1.29, 1.82) is 0 Å². The van der Waals surface area contributed by atoms with Crippen LogP contribution in [0.5, 0.6) is 11.5 Å². The quantitative estimate of drug-likeness (QED) is 0.839. The standard InChI is InChI=1S/C16H25NO3/c1-3-17-16(12-18)10-4-5-15(11-16)20-14-8-6-13(19-2)7-9-14/h6-9,15,17-18H,3-5,10-12H2,1-2H3. The molecule has 2 N–H and O–H groups in total. The van der Waals surface area contributed by atoms with Gasteiger partial charge in [-0.25, -0.2) is 0 Å². The first-order valence-electron chi connectivity index (χ1n) is 7.38. The molecule has 0 spiro atoms. The van der Waals surface area contributed by atoms with Crippen LogP contribution in [0.2, 0.25) is 0 Å². The maximum Gasteiger partial charge on any atom is 0.119 e. The van der Waals surface area contributed by atoms with Gasteiger partial charge in [0.05, 0.1) is 13.7 Å². The lowest BCUT2D eigenvalue weighted by atomic mass is 9.80. The number of aliphatic hydroxyl groups is 1. The summed E-state index contributed by atoms with van der Waals surface area (Å²) in [5, 5.41) is 13.1. The summed E-state index contributed by atoms with van der Waals surface area (Å²) in [6.45, 7) is 3.12. The fraction of sp³-hybridized carbons (Fsp3) is 0.625. The van der Waals surface area contributed by atoms with Crippen molar-refractivity contribution in [1.82, 2.24) is 5.32 Å². The van der Waals surface area contributed by atoms with Crippen LogP contribution in [0.15, 0.2) is 24.3 Å². The molecule has 1 aliphatic carbocycles. The molecule has 1 aromatic carbocycles. The van der Waals surface area contributed by atoms with Gasteiger partial charge in [0.1, 0.15) is 17.6 Å². The number of aliphatic hydroxyl groups excluding tert-OH is 1. The Kier molecular flexibility index (Phi) is 5.26. The van der Waals surface area contributed by atoms with Gasteiger partial charge in [0.2, 0.25) is 0 Å². The summed E-state index contributed by atoms with van der Waals surface area (Å²) in [5.41, 5.74) is -0.176. The molecule has 1 aliphatic rings. The van der Waals surface area contributed by atoms with Crippen LogP contribution in [0.1, 0.15) is 32.6 Å². The second-order valence-electron chi connectivity index (χ2n) is 5.48. The average Bonchev–Trinajstić information content (AvgIpc) is 2.49. The van der Waals surface area contributed by atoms with E-state index in [9.17, 15) is 5.11 Å². The molecule has 112 valence electrons. The highest BCUT2D eigenvalue weighted by Crippen LogP contribution is 2.31. The first kappa shape index (κ1) is 15.1. The third kappa shape index (κ3) is 3.64. The summed E-state index contributed by atoms with van der Waals surface area (Å²) in [6.07, 6.45) is 4.14. The third-order valence-corrected chi connectivity index (χ3v) is 4.02. The van der Waals surface area contributed by atoms with E-state index in [-0.39, 0.29) is 18.2 Å². The number of ether oxygens (including phenoxy) is 2. The zero-order valence-corrected chi connectivity index (χ0v) is 12.4. The van der Waals surface area contributed by atoms with E-state index in [1.807, 2.05) is 24.3 Å². The van der Waals surface area contributed by atoms with Crippen molar-refractivity contribution in [2.75, 3.05) is 20.3 Å². The van der Waals surface area contributed by atoms with Gasteiger partial charge < -0.3 is 19.9 Å². The zero-order valence-electron chi connectivity index (χ0n) is 12.4. The number of hydrogen-bond acceptors (Lipinski definition) is 4. The zero-order chi connectivity index (χ0) is 14.4. The van der Waals surface area contributed by atoms with Crippen LogP contribution >= 0.6 is 0 Å². The van der Waals surface area contributed by atoms with Crippen LogP contribution < -0.4 is 14.8 Å². The van der Waals surface area contributed by atoms with Crippen LogP contribution in [-0.4, -0.2) is 37.0 Å². The summed E-state index contributed by atoms with van der Waals surface area (Å²) < 4.78 is 11.2. The topological polar surface area (TPSA) is 50.7 Å². The number of methoxy groups -OCH3 is 1. The monoisotopic (exact) mass is 279 g/mol. The van der Waals surface area contributed by atoms with Crippen molar-refractivity contribution >= 4 is 0 Å². The fourth-order valence-corrected chi connectivity index (χ4v) is 2.99. The molecule has 2 rings (SSSR count). The van der Waals surface area contributed by atoms with E-state index in [4.69, 9.17) is 9.47 Å². The molecule has 0 aromatic heterocycles. The molecule has 0 heterocycles. The Morgan fingerprint density at radius 1 is 1.30 bits per heavy atom. The van der Waals surface area contributed by atoms with Crippen molar-refractivity contribution in [2.45, 2.75) is 44.2 Å². The number of hydrogen-bond donors (Lipinski definition) is 2. The molecule has 1 aromatic rings. The van der Waals surface area contributed by atoms with Gasteiger partial charge in [0, 0.05) is 12.0 Å². The molecule has 20 heavy (non-hydrogen) atoms. The van der Waals surface area contributed by atoms with Crippen LogP contribution in [-0.2, 0) is 0 Å². The Bertz CT molecular complexity index is 403. The molecule has 0 saturated heterocycles. The number of nitrogens with one attached hydrogen (secondary N) is 1. The van der Waals surface area contributed by atoms with Crippen LogP contribution in [0.3, 0.4) is 0 Å². The molecular formula is C16H25NO3. The molecule has 2 atom stereocenters. The lowest BCUT2D eigenvalue weighted by Gasteiger charge is -2.40. The smallest absolute Gasteiger partial charge is 0.119 e. The van der Waals surface area contributed by atoms with E-state index in [0.717, 1.165) is 43.7 Å². The Balaban J connectivity index is 1.97. The summed E-state index contributed by atoms with van der Waals surface area (Å²) >= 11 is 0. The third-order valence-electron chi connectivity index (χ3n) is 4.02. The highest BCUT2D eigenvalue weighted by Gasteiger charge is 2.36. The molecule has 0 bridgehead atoms. The van der Waals surface area contributed by atoms with Crippen LogP contribution in [0.4, 0.5) is 0 Å². The van der Waals surface area contributed by atoms with E-state index in [0.29, 0.717) is 0 Å². The second-order valence-corrected chi connectivity index (χ2v) is 5.48. The first-order chi connectivity index (χ1) is 9.71. The lowest BCUT2D eigenvalue weighted by Crippen LogP contribution is -2.53. The van der Waals surface area contributed by atoms with Gasteiger partial charge in [-0.1, -0.05) is 6.92 Å². The van der Waals surface area contributed by atoms with Gasteiger partial charge in [-0.05, 0) is 50.1 Å². The summed E-state index contributed by atoms with van der Waals surface area (Å²) in [7, 11) is 1.66. The van der Waals surface area contributed by atoms with Crippen molar-refractivity contribution in [2.24, 2.45) is 0 Å². The van der Waals surface area contributed by atoms with E-state index < -0.39 is 0 Å². The van der Waals surface area contributed by atoms with Gasteiger partial charge in [-0.3, -0.25) is 0 Å². The van der Waals surface area contributed by atoms with Gasteiger partial charge in [0.15, 0.2) is 0 Å². The predicted octanol–water partition coefficient (Wildman–Crippen LogP) is 2.36. The number of likely N-dealkylation sites (N-methyl/N-ethyl adjacent to an activating group) is 1. The largest absolute Gasteiger partial charge is 0.497 e. The molecule has 1 fully saturated rings. The second kappa shape index (κ2) is 6.95. The highest BCUT2D eigenvalue weighted by molar-refractivity contribution is 5.31. The molecule has 2 unspecified atom stereocenters. The maximum absolute atomic E-state index is 9.69.